The highest BCUT2D eigenvalue weighted by Crippen LogP contribution is 2.35. The van der Waals surface area contributed by atoms with Crippen LogP contribution in [-0.2, 0) is 17.8 Å². The fourth-order valence-corrected chi connectivity index (χ4v) is 3.76. The summed E-state index contributed by atoms with van der Waals surface area (Å²) in [6, 6.07) is 8.40. The highest BCUT2D eigenvalue weighted by atomic mass is 19.1. The van der Waals surface area contributed by atoms with Gasteiger partial charge in [-0.05, 0) is 42.7 Å². The summed E-state index contributed by atoms with van der Waals surface area (Å²) < 4.78 is 15.5. The Labute approximate surface area is 156 Å². The van der Waals surface area contributed by atoms with Crippen LogP contribution >= 0.6 is 0 Å². The number of nitrogens with zero attached hydrogens (tertiary/aromatic N) is 3. The van der Waals surface area contributed by atoms with Gasteiger partial charge >= 0.3 is 5.97 Å². The normalized spacial score (nSPS) is 12.9. The van der Waals surface area contributed by atoms with E-state index in [9.17, 15) is 14.3 Å². The summed E-state index contributed by atoms with van der Waals surface area (Å²) >= 11 is 0. The average Bonchev–Trinajstić information content (AvgIpc) is 3.20. The molecule has 0 aliphatic carbocycles. The van der Waals surface area contributed by atoms with Crippen molar-refractivity contribution >= 4 is 23.2 Å². The number of carboxylic acid groups (broad SMARTS) is 1. The minimum atomic E-state index is -0.836. The topological polar surface area (TPSA) is 67.5 Å². The van der Waals surface area contributed by atoms with Gasteiger partial charge in [0.1, 0.15) is 5.82 Å². The first-order chi connectivity index (χ1) is 13.0. The summed E-state index contributed by atoms with van der Waals surface area (Å²) in [5.74, 6) is -0.980. The quantitative estimate of drug-likeness (QED) is 0.735. The van der Waals surface area contributed by atoms with Crippen molar-refractivity contribution in [2.45, 2.75) is 39.2 Å². The number of hydrogen-bond donors (Lipinski definition) is 1. The zero-order valence-electron chi connectivity index (χ0n) is 15.2. The van der Waals surface area contributed by atoms with Crippen LogP contribution in [0.1, 0.15) is 48.7 Å². The zero-order valence-corrected chi connectivity index (χ0v) is 15.2. The third-order valence-corrected chi connectivity index (χ3v) is 4.88. The lowest BCUT2D eigenvalue weighted by atomic mass is 10.0. The summed E-state index contributed by atoms with van der Waals surface area (Å²) in [6.07, 6.45) is 2.26. The first-order valence-corrected chi connectivity index (χ1v) is 9.00. The number of benzene rings is 1. The molecule has 3 aromatic rings. The molecule has 0 fully saturated rings. The molecular formula is C21H20FN3O2. The Balaban J connectivity index is 2.03. The largest absolute Gasteiger partial charge is 0.481 e. The van der Waals surface area contributed by atoms with Crippen molar-refractivity contribution < 1.29 is 14.3 Å². The molecule has 1 N–H and O–H groups in total. The van der Waals surface area contributed by atoms with E-state index in [1.165, 1.54) is 12.1 Å². The van der Waals surface area contributed by atoms with Crippen LogP contribution in [0.15, 0.2) is 35.3 Å². The predicted octanol–water partition coefficient (Wildman–Crippen LogP) is 4.24. The first-order valence-electron chi connectivity index (χ1n) is 9.00. The van der Waals surface area contributed by atoms with Gasteiger partial charge in [-0.15, -0.1) is 0 Å². The van der Waals surface area contributed by atoms with Gasteiger partial charge in [-0.25, -0.2) is 9.37 Å². The molecule has 4 rings (SSSR count). The lowest BCUT2D eigenvalue weighted by molar-refractivity contribution is -0.136. The summed E-state index contributed by atoms with van der Waals surface area (Å²) in [4.78, 5) is 20.3. The Morgan fingerprint density at radius 1 is 1.30 bits per heavy atom. The summed E-state index contributed by atoms with van der Waals surface area (Å²) in [5, 5.41) is 9.20. The molecule has 0 atom stereocenters. The van der Waals surface area contributed by atoms with Gasteiger partial charge in [-0.3, -0.25) is 9.79 Å². The number of fused-ring (bicyclic) bond motifs is 2. The number of rotatable bonds is 5. The van der Waals surface area contributed by atoms with Gasteiger partial charge in [0.15, 0.2) is 0 Å². The molecule has 1 aliphatic heterocycles. The Bertz CT molecular complexity index is 1070. The Morgan fingerprint density at radius 3 is 2.70 bits per heavy atom. The number of aliphatic carboxylic acids is 1. The van der Waals surface area contributed by atoms with E-state index in [-0.39, 0.29) is 18.2 Å². The molecule has 1 aliphatic rings. The number of aliphatic imine (C=N–C) groups is 1. The maximum absolute atomic E-state index is 13.5. The highest BCUT2D eigenvalue weighted by molar-refractivity contribution is 5.93. The van der Waals surface area contributed by atoms with Crippen LogP contribution in [0.2, 0.25) is 0 Å². The summed E-state index contributed by atoms with van der Waals surface area (Å²) in [7, 11) is 0. The number of halogens is 1. The van der Waals surface area contributed by atoms with Gasteiger partial charge in [0.05, 0.1) is 23.3 Å². The zero-order chi connectivity index (χ0) is 19.1. The third kappa shape index (κ3) is 3.01. The Kier molecular flexibility index (Phi) is 4.26. The SMILES string of the molecule is CC(C)c1c(CCC(=O)O)c2nc3c(cc2n1-c1ccc(F)cc1)C=NC3. The van der Waals surface area contributed by atoms with Crippen molar-refractivity contribution in [1.29, 1.82) is 0 Å². The molecule has 0 amide bonds. The lowest BCUT2D eigenvalue weighted by Gasteiger charge is -2.15. The Hall–Kier alpha value is -3.02. The van der Waals surface area contributed by atoms with E-state index in [1.54, 1.807) is 12.1 Å². The van der Waals surface area contributed by atoms with Gasteiger partial charge in [-0.2, -0.15) is 0 Å². The van der Waals surface area contributed by atoms with E-state index in [0.29, 0.717) is 13.0 Å². The molecule has 5 nitrogen and oxygen atoms in total. The van der Waals surface area contributed by atoms with Crippen LogP contribution in [0.3, 0.4) is 0 Å². The molecule has 0 saturated heterocycles. The molecule has 1 aromatic carbocycles. The number of carbonyl (C=O) groups is 1. The summed E-state index contributed by atoms with van der Waals surface area (Å²) in [5.41, 5.74) is 6.40. The number of pyridine rings is 1. The molecule has 3 heterocycles. The van der Waals surface area contributed by atoms with Gasteiger partial charge in [0, 0.05) is 35.1 Å². The number of hydrogen-bond acceptors (Lipinski definition) is 3. The first kappa shape index (κ1) is 17.4. The van der Waals surface area contributed by atoms with Gasteiger partial charge in [-0.1, -0.05) is 13.8 Å². The van der Waals surface area contributed by atoms with Crippen LogP contribution in [0.25, 0.3) is 16.7 Å². The van der Waals surface area contributed by atoms with E-state index < -0.39 is 5.97 Å². The van der Waals surface area contributed by atoms with Crippen LogP contribution in [0, 0.1) is 5.82 Å². The predicted molar refractivity (Wildman–Crippen MR) is 102 cm³/mol. The highest BCUT2D eigenvalue weighted by Gasteiger charge is 2.24. The molecule has 0 saturated carbocycles. The van der Waals surface area contributed by atoms with E-state index in [0.717, 1.165) is 39.2 Å². The maximum Gasteiger partial charge on any atom is 0.303 e. The third-order valence-electron chi connectivity index (χ3n) is 4.88. The minimum absolute atomic E-state index is 0.0392. The monoisotopic (exact) mass is 365 g/mol. The maximum atomic E-state index is 13.5. The molecule has 0 spiro atoms. The van der Waals surface area contributed by atoms with Crippen molar-refractivity contribution in [3.8, 4) is 5.69 Å². The van der Waals surface area contributed by atoms with Crippen molar-refractivity contribution in [2.24, 2.45) is 4.99 Å². The molecule has 27 heavy (non-hydrogen) atoms. The van der Waals surface area contributed by atoms with Crippen LogP contribution in [0.4, 0.5) is 4.39 Å². The van der Waals surface area contributed by atoms with Crippen molar-refractivity contribution in [1.82, 2.24) is 9.55 Å². The molecule has 6 heteroatoms. The molecule has 2 aromatic heterocycles. The number of aromatic nitrogens is 2. The van der Waals surface area contributed by atoms with E-state index >= 15 is 0 Å². The van der Waals surface area contributed by atoms with Gasteiger partial charge in [0.25, 0.3) is 0 Å². The molecule has 138 valence electrons. The second kappa shape index (κ2) is 6.61. The van der Waals surface area contributed by atoms with Crippen LogP contribution in [-0.4, -0.2) is 26.8 Å². The van der Waals surface area contributed by atoms with Crippen molar-refractivity contribution in [3.05, 3.63) is 58.7 Å². The second-order valence-electron chi connectivity index (χ2n) is 7.09. The Morgan fingerprint density at radius 2 is 2.04 bits per heavy atom. The van der Waals surface area contributed by atoms with Crippen molar-refractivity contribution in [3.63, 3.8) is 0 Å². The fourth-order valence-electron chi connectivity index (χ4n) is 3.76. The van der Waals surface area contributed by atoms with Crippen LogP contribution < -0.4 is 0 Å². The van der Waals surface area contributed by atoms with E-state index in [1.807, 2.05) is 12.3 Å². The molecular weight excluding hydrogens is 345 g/mol. The van der Waals surface area contributed by atoms with Gasteiger partial charge in [0.2, 0.25) is 0 Å². The molecule has 0 unspecified atom stereocenters. The number of carboxylic acids is 1. The summed E-state index contributed by atoms with van der Waals surface area (Å²) in [6.45, 7) is 4.70. The van der Waals surface area contributed by atoms with E-state index in [2.05, 4.69) is 23.4 Å². The van der Waals surface area contributed by atoms with Gasteiger partial charge < -0.3 is 9.67 Å². The smallest absolute Gasteiger partial charge is 0.303 e. The number of aryl methyl sites for hydroxylation is 1. The molecule has 0 radical (unpaired) electrons. The second-order valence-corrected chi connectivity index (χ2v) is 7.09. The van der Waals surface area contributed by atoms with Crippen molar-refractivity contribution in [2.75, 3.05) is 0 Å². The lowest BCUT2D eigenvalue weighted by Crippen LogP contribution is -2.06. The standard InChI is InChI=1S/C21H20FN3O2/c1-12(2)21-16(7-8-19(26)27)20-18(9-13-10-23-11-17(13)24-20)25(21)15-5-3-14(22)4-6-15/h3-6,9-10,12H,7-8,11H2,1-2H3,(H,26,27). The van der Waals surface area contributed by atoms with E-state index in [4.69, 9.17) is 4.98 Å². The molecule has 0 bridgehead atoms. The van der Waals surface area contributed by atoms with Crippen LogP contribution in [0.5, 0.6) is 0 Å². The fraction of sp³-hybridized carbons (Fsp3) is 0.286. The minimum Gasteiger partial charge on any atom is -0.481 e. The average molecular weight is 365 g/mol.